The largest absolute Gasteiger partial charge is 0.382 e. The van der Waals surface area contributed by atoms with Crippen molar-refractivity contribution in [3.05, 3.63) is 166 Å². The first-order valence-corrected chi connectivity index (χ1v) is 23.4. The van der Waals surface area contributed by atoms with Crippen molar-refractivity contribution in [1.82, 2.24) is 19.9 Å². The number of anilines is 2. The van der Waals surface area contributed by atoms with E-state index in [1.165, 1.54) is 11.4 Å². The van der Waals surface area contributed by atoms with Crippen LogP contribution in [0.4, 0.5) is 11.4 Å². The Kier molecular flexibility index (Phi) is 13.3. The number of nitrogens with one attached hydrogen (secondary N) is 2. The molecule has 0 fully saturated rings. The van der Waals surface area contributed by atoms with Crippen LogP contribution in [-0.2, 0) is 15.9 Å². The molecule has 2 aliphatic rings. The lowest BCUT2D eigenvalue weighted by Gasteiger charge is -2.32. The summed E-state index contributed by atoms with van der Waals surface area (Å²) in [6.07, 6.45) is 0. The van der Waals surface area contributed by atoms with Gasteiger partial charge in [0.2, 0.25) is 0 Å². The Labute approximate surface area is 392 Å². The van der Waals surface area contributed by atoms with Crippen LogP contribution in [0.15, 0.2) is 121 Å². The van der Waals surface area contributed by atoms with Gasteiger partial charge in [-0.3, -0.25) is 9.59 Å². The number of hydrogen-bond acceptors (Lipinski definition) is 9. The van der Waals surface area contributed by atoms with Crippen LogP contribution in [0.5, 0.6) is 0 Å². The fourth-order valence-electron chi connectivity index (χ4n) is 9.60. The van der Waals surface area contributed by atoms with E-state index in [-0.39, 0.29) is 11.6 Å². The fraction of sp³-hybridized carbons (Fsp3) is 0.286. The zero-order valence-electron chi connectivity index (χ0n) is 39.7. The maximum atomic E-state index is 13.1. The lowest BCUT2D eigenvalue weighted by Crippen LogP contribution is -2.33. The third-order valence-electron chi connectivity index (χ3n) is 13.1. The molecule has 0 unspecified atom stereocenters. The van der Waals surface area contributed by atoms with Gasteiger partial charge in [0.05, 0.1) is 22.1 Å². The summed E-state index contributed by atoms with van der Waals surface area (Å²) in [6.45, 7) is 21.5. The second-order valence-electron chi connectivity index (χ2n) is 17.1. The monoisotopic (exact) mass is 896 g/mol. The SMILES string of the molecule is CCN(CC)c1ccc(-c2nc3c4c(ccc3[nH]2)C(=O)c2ccccc2[C@]4(C)O)cc1.CCN(CC)c1ccc(-c2nc3c4c(ccc3[nH]2)C(=O)c2ccccc2[C@]4(C)O)cc1.CCOCC. The summed E-state index contributed by atoms with van der Waals surface area (Å²) in [7, 11) is 0. The molecule has 2 heterocycles. The summed E-state index contributed by atoms with van der Waals surface area (Å²) < 4.78 is 4.83. The van der Waals surface area contributed by atoms with Crippen molar-refractivity contribution in [3.8, 4) is 22.8 Å². The highest BCUT2D eigenvalue weighted by atomic mass is 16.5. The first-order valence-electron chi connectivity index (χ1n) is 23.4. The van der Waals surface area contributed by atoms with Gasteiger partial charge in [-0.2, -0.15) is 0 Å². The highest BCUT2D eigenvalue weighted by Gasteiger charge is 2.42. The molecule has 0 bridgehead atoms. The number of rotatable bonds is 10. The maximum absolute atomic E-state index is 13.1. The topological polar surface area (TPSA) is 148 Å². The molecule has 344 valence electrons. The maximum Gasteiger partial charge on any atom is 0.193 e. The van der Waals surface area contributed by atoms with Crippen molar-refractivity contribution in [3.63, 3.8) is 0 Å². The highest BCUT2D eigenvalue weighted by molar-refractivity contribution is 6.16. The van der Waals surface area contributed by atoms with Crippen LogP contribution in [0.2, 0.25) is 0 Å². The normalized spacial score (nSPS) is 16.8. The van der Waals surface area contributed by atoms with E-state index < -0.39 is 11.2 Å². The minimum Gasteiger partial charge on any atom is -0.382 e. The molecule has 11 nitrogen and oxygen atoms in total. The van der Waals surface area contributed by atoms with Gasteiger partial charge >= 0.3 is 0 Å². The van der Waals surface area contributed by atoms with Crippen molar-refractivity contribution in [1.29, 1.82) is 0 Å². The third-order valence-corrected chi connectivity index (χ3v) is 13.1. The molecule has 0 aliphatic heterocycles. The molecule has 0 saturated carbocycles. The number of nitrogens with zero attached hydrogens (tertiary/aromatic N) is 4. The Hall–Kier alpha value is -6.92. The molecule has 2 aromatic heterocycles. The van der Waals surface area contributed by atoms with E-state index in [2.05, 4.69) is 96.0 Å². The first kappa shape index (κ1) is 46.6. The van der Waals surface area contributed by atoms with E-state index in [1.807, 2.05) is 62.4 Å². The van der Waals surface area contributed by atoms with Gasteiger partial charge in [0.1, 0.15) is 22.9 Å². The van der Waals surface area contributed by atoms with Crippen molar-refractivity contribution < 1.29 is 24.5 Å². The van der Waals surface area contributed by atoms with Crippen LogP contribution >= 0.6 is 0 Å². The fourth-order valence-corrected chi connectivity index (χ4v) is 9.60. The molecule has 6 aromatic carbocycles. The summed E-state index contributed by atoms with van der Waals surface area (Å²) in [4.78, 5) is 47.2. The Bertz CT molecular complexity index is 2860. The number of fused-ring (bicyclic) bond motifs is 8. The van der Waals surface area contributed by atoms with E-state index >= 15 is 0 Å². The predicted molar refractivity (Wildman–Crippen MR) is 269 cm³/mol. The smallest absolute Gasteiger partial charge is 0.193 e. The molecule has 0 saturated heterocycles. The first-order chi connectivity index (χ1) is 32.3. The van der Waals surface area contributed by atoms with E-state index in [4.69, 9.17) is 14.7 Å². The quantitative estimate of drug-likeness (QED) is 0.105. The number of ketones is 2. The Morgan fingerprint density at radius 1 is 0.493 bits per heavy atom. The number of imidazole rings is 2. The molecule has 10 rings (SSSR count). The van der Waals surface area contributed by atoms with E-state index in [0.29, 0.717) is 55.5 Å². The van der Waals surface area contributed by atoms with Gasteiger partial charge in [-0.05, 0) is 139 Å². The van der Waals surface area contributed by atoms with E-state index in [1.54, 1.807) is 38.1 Å². The van der Waals surface area contributed by atoms with Gasteiger partial charge in [0.15, 0.2) is 11.6 Å². The number of aromatic nitrogens is 4. The number of carbonyl (C=O) groups is 2. The van der Waals surface area contributed by atoms with Gasteiger partial charge in [0.25, 0.3) is 0 Å². The van der Waals surface area contributed by atoms with Crippen LogP contribution in [0.1, 0.15) is 109 Å². The van der Waals surface area contributed by atoms with Crippen molar-refractivity contribution in [2.45, 2.75) is 66.6 Å². The average Bonchev–Trinajstić information content (AvgIpc) is 4.00. The molecule has 0 spiro atoms. The van der Waals surface area contributed by atoms with Gasteiger partial charge < -0.3 is 34.7 Å². The Morgan fingerprint density at radius 3 is 1.18 bits per heavy atom. The molecule has 8 aromatic rings. The number of aliphatic hydroxyl groups is 2. The summed E-state index contributed by atoms with van der Waals surface area (Å²) in [5, 5.41) is 23.0. The summed E-state index contributed by atoms with van der Waals surface area (Å²) in [5.41, 5.74) is 8.99. The third kappa shape index (κ3) is 8.43. The van der Waals surface area contributed by atoms with Gasteiger partial charge in [-0.1, -0.05) is 48.5 Å². The summed E-state index contributed by atoms with van der Waals surface area (Å²) in [5.74, 6) is 1.28. The lowest BCUT2D eigenvalue weighted by atomic mass is 9.74. The number of benzene rings is 6. The molecular formula is C56H60N6O5. The van der Waals surface area contributed by atoms with E-state index in [0.717, 1.165) is 73.2 Å². The van der Waals surface area contributed by atoms with Crippen LogP contribution in [-0.4, -0.2) is 81.1 Å². The summed E-state index contributed by atoms with van der Waals surface area (Å²) in [6, 6.07) is 38.4. The number of H-pyrrole nitrogens is 2. The van der Waals surface area contributed by atoms with Crippen LogP contribution in [0, 0.1) is 0 Å². The molecule has 0 amide bonds. The second kappa shape index (κ2) is 19.1. The molecule has 4 N–H and O–H groups in total. The second-order valence-corrected chi connectivity index (χ2v) is 17.1. The average molecular weight is 897 g/mol. The summed E-state index contributed by atoms with van der Waals surface area (Å²) >= 11 is 0. The Balaban J connectivity index is 0.000000165. The van der Waals surface area contributed by atoms with Crippen molar-refractivity contribution in [2.75, 3.05) is 49.2 Å². The molecule has 0 radical (unpaired) electrons. The standard InChI is InChI=1S/2C26H25N3O2.C4H10O/c2*1-4-29(5-2)17-12-10-16(11-13-17)25-27-21-15-14-19-22(23(21)28-25)26(3,31)20-9-7-6-8-18(20)24(19)30;1-3-5-4-2/h2*6-15,31H,4-5H2,1-3H3,(H,27,28);3-4H2,1-2H3/t2*26-;/m00./s1. The van der Waals surface area contributed by atoms with E-state index in [9.17, 15) is 19.8 Å². The van der Waals surface area contributed by atoms with Crippen LogP contribution < -0.4 is 9.80 Å². The lowest BCUT2D eigenvalue weighted by molar-refractivity contribution is 0.0871. The molecule has 2 atom stereocenters. The van der Waals surface area contributed by atoms with Crippen LogP contribution in [0.25, 0.3) is 44.8 Å². The molecule has 11 heteroatoms. The number of carbonyl (C=O) groups excluding carboxylic acids is 2. The zero-order valence-corrected chi connectivity index (χ0v) is 39.7. The highest BCUT2D eigenvalue weighted by Crippen LogP contribution is 2.44. The van der Waals surface area contributed by atoms with Crippen molar-refractivity contribution in [2.24, 2.45) is 0 Å². The van der Waals surface area contributed by atoms with Gasteiger partial charge in [-0.25, -0.2) is 9.97 Å². The van der Waals surface area contributed by atoms with Crippen LogP contribution in [0.3, 0.4) is 0 Å². The van der Waals surface area contributed by atoms with Crippen molar-refractivity contribution >= 4 is 45.0 Å². The molecule has 2 aliphatic carbocycles. The van der Waals surface area contributed by atoms with Gasteiger partial charge in [0, 0.05) is 95.3 Å². The zero-order chi connectivity index (χ0) is 47.6. The Morgan fingerprint density at radius 2 is 0.851 bits per heavy atom. The minimum absolute atomic E-state index is 0.0767. The number of hydrogen-bond donors (Lipinski definition) is 4. The molecular weight excluding hydrogens is 837 g/mol. The number of ether oxygens (including phenoxy) is 1. The minimum atomic E-state index is -1.31. The number of aromatic amines is 2. The van der Waals surface area contributed by atoms with Gasteiger partial charge in [-0.15, -0.1) is 0 Å². The molecule has 67 heavy (non-hydrogen) atoms. The predicted octanol–water partition coefficient (Wildman–Crippen LogP) is 10.8.